The molecule has 1 unspecified atom stereocenters. The molecular formula is C14H21NO2. The Hall–Kier alpha value is -1.51. The van der Waals surface area contributed by atoms with Gasteiger partial charge in [-0.15, -0.1) is 0 Å². The van der Waals surface area contributed by atoms with Gasteiger partial charge in [0.05, 0.1) is 7.11 Å². The third-order valence-corrected chi connectivity index (χ3v) is 2.97. The van der Waals surface area contributed by atoms with E-state index in [0.717, 1.165) is 18.7 Å². The van der Waals surface area contributed by atoms with E-state index >= 15 is 0 Å². The average Bonchev–Trinajstić information content (AvgIpc) is 2.30. The van der Waals surface area contributed by atoms with Crippen LogP contribution in [-0.4, -0.2) is 30.5 Å². The van der Waals surface area contributed by atoms with Crippen molar-refractivity contribution < 1.29 is 9.53 Å². The van der Waals surface area contributed by atoms with Crippen LogP contribution in [0.15, 0.2) is 24.3 Å². The highest BCUT2D eigenvalue weighted by Crippen LogP contribution is 2.14. The van der Waals surface area contributed by atoms with E-state index in [1.165, 1.54) is 5.56 Å². The first-order valence-corrected chi connectivity index (χ1v) is 5.98. The number of nitrogens with zero attached hydrogens (tertiary/aromatic N) is 1. The van der Waals surface area contributed by atoms with Gasteiger partial charge in [-0.3, -0.25) is 4.79 Å². The maximum absolute atomic E-state index is 11.4. The van der Waals surface area contributed by atoms with Crippen LogP contribution in [-0.2, 0) is 11.2 Å². The van der Waals surface area contributed by atoms with Crippen LogP contribution in [0.1, 0.15) is 26.3 Å². The topological polar surface area (TPSA) is 29.5 Å². The summed E-state index contributed by atoms with van der Waals surface area (Å²) in [5.41, 5.74) is 1.22. The molecule has 1 aromatic carbocycles. The summed E-state index contributed by atoms with van der Waals surface area (Å²) in [6.45, 7) is 6.46. The summed E-state index contributed by atoms with van der Waals surface area (Å²) in [7, 11) is 1.66. The molecule has 17 heavy (non-hydrogen) atoms. The molecule has 0 aliphatic carbocycles. The minimum Gasteiger partial charge on any atom is -0.497 e. The number of methoxy groups -OCH3 is 1. The zero-order chi connectivity index (χ0) is 12.8. The van der Waals surface area contributed by atoms with Crippen LogP contribution in [0.5, 0.6) is 5.75 Å². The number of hydrogen-bond acceptors (Lipinski definition) is 2. The fourth-order valence-corrected chi connectivity index (χ4v) is 2.06. The monoisotopic (exact) mass is 235 g/mol. The minimum absolute atomic E-state index is 0.133. The van der Waals surface area contributed by atoms with Crippen LogP contribution in [0, 0.1) is 0 Å². The molecule has 0 N–H and O–H groups in total. The molecule has 0 aliphatic heterocycles. The van der Waals surface area contributed by atoms with Crippen LogP contribution < -0.4 is 4.74 Å². The molecule has 1 aromatic rings. The van der Waals surface area contributed by atoms with Crippen molar-refractivity contribution in [3.8, 4) is 5.75 Å². The van der Waals surface area contributed by atoms with Crippen LogP contribution in [0.2, 0.25) is 0 Å². The number of likely N-dealkylation sites (N-methyl/N-ethyl adjacent to an activating group) is 1. The maximum atomic E-state index is 11.4. The Morgan fingerprint density at radius 3 is 2.35 bits per heavy atom. The predicted octanol–water partition coefficient (Wildman–Crippen LogP) is 2.49. The van der Waals surface area contributed by atoms with E-state index in [9.17, 15) is 4.79 Å². The highest BCUT2D eigenvalue weighted by atomic mass is 16.5. The number of rotatable bonds is 5. The smallest absolute Gasteiger partial charge is 0.219 e. The third kappa shape index (κ3) is 3.77. The lowest BCUT2D eigenvalue weighted by atomic mass is 10.1. The van der Waals surface area contributed by atoms with Gasteiger partial charge in [0, 0.05) is 19.5 Å². The van der Waals surface area contributed by atoms with Crippen molar-refractivity contribution in [2.75, 3.05) is 13.7 Å². The number of carbonyl (C=O) groups excluding carboxylic acids is 1. The lowest BCUT2D eigenvalue weighted by Crippen LogP contribution is -2.38. The lowest BCUT2D eigenvalue weighted by molar-refractivity contribution is -0.130. The molecule has 0 bridgehead atoms. The second-order valence-electron chi connectivity index (χ2n) is 4.21. The Labute approximate surface area is 103 Å². The Balaban J connectivity index is 2.66. The van der Waals surface area contributed by atoms with E-state index in [1.807, 2.05) is 36.1 Å². The molecule has 0 aromatic heterocycles. The molecule has 1 amide bonds. The van der Waals surface area contributed by atoms with Gasteiger partial charge in [0.1, 0.15) is 5.75 Å². The van der Waals surface area contributed by atoms with E-state index in [-0.39, 0.29) is 11.9 Å². The first kappa shape index (κ1) is 13.6. The van der Waals surface area contributed by atoms with Crippen LogP contribution in [0.4, 0.5) is 0 Å². The molecule has 0 aliphatic rings. The number of ether oxygens (including phenoxy) is 1. The minimum atomic E-state index is 0.133. The zero-order valence-corrected chi connectivity index (χ0v) is 11.1. The van der Waals surface area contributed by atoms with Gasteiger partial charge < -0.3 is 9.64 Å². The summed E-state index contributed by atoms with van der Waals surface area (Å²) in [6.07, 6.45) is 0.872. The molecule has 3 nitrogen and oxygen atoms in total. The Bertz CT molecular complexity index is 359. The van der Waals surface area contributed by atoms with Gasteiger partial charge in [-0.25, -0.2) is 0 Å². The summed E-state index contributed by atoms with van der Waals surface area (Å²) < 4.78 is 5.12. The molecule has 0 saturated carbocycles. The van der Waals surface area contributed by atoms with Gasteiger partial charge in [-0.05, 0) is 38.0 Å². The summed E-state index contributed by atoms with van der Waals surface area (Å²) in [6, 6.07) is 8.22. The molecule has 94 valence electrons. The van der Waals surface area contributed by atoms with Crippen molar-refractivity contribution in [3.63, 3.8) is 0 Å². The van der Waals surface area contributed by atoms with Gasteiger partial charge in [0.25, 0.3) is 0 Å². The fraction of sp³-hybridized carbons (Fsp3) is 0.500. The van der Waals surface area contributed by atoms with Gasteiger partial charge in [0.15, 0.2) is 0 Å². The number of amides is 1. The molecular weight excluding hydrogens is 214 g/mol. The highest BCUT2D eigenvalue weighted by molar-refractivity contribution is 5.73. The maximum Gasteiger partial charge on any atom is 0.219 e. The second-order valence-corrected chi connectivity index (χ2v) is 4.21. The Kier molecular flexibility index (Phi) is 5.01. The summed E-state index contributed by atoms with van der Waals surface area (Å²) >= 11 is 0. The van der Waals surface area contributed by atoms with Crippen LogP contribution in [0.25, 0.3) is 0 Å². The zero-order valence-electron chi connectivity index (χ0n) is 11.1. The largest absolute Gasteiger partial charge is 0.497 e. The van der Waals surface area contributed by atoms with E-state index in [2.05, 4.69) is 6.92 Å². The average molecular weight is 235 g/mol. The molecule has 1 atom stereocenters. The summed E-state index contributed by atoms with van der Waals surface area (Å²) in [5.74, 6) is 0.994. The van der Waals surface area contributed by atoms with Crippen molar-refractivity contribution in [1.82, 2.24) is 4.90 Å². The van der Waals surface area contributed by atoms with Gasteiger partial charge in [-0.1, -0.05) is 12.1 Å². The van der Waals surface area contributed by atoms with Crippen molar-refractivity contribution in [2.24, 2.45) is 0 Å². The van der Waals surface area contributed by atoms with E-state index in [0.29, 0.717) is 0 Å². The molecule has 1 rings (SSSR count). The molecule has 0 saturated heterocycles. The Morgan fingerprint density at radius 2 is 1.94 bits per heavy atom. The standard InChI is InChI=1S/C14H21NO2/c1-5-15(12(3)16)11(2)10-13-6-8-14(17-4)9-7-13/h6-9,11H,5,10H2,1-4H3. The first-order chi connectivity index (χ1) is 8.08. The molecule has 0 spiro atoms. The molecule has 0 radical (unpaired) electrons. The van der Waals surface area contributed by atoms with Crippen LogP contribution in [0.3, 0.4) is 0 Å². The fourth-order valence-electron chi connectivity index (χ4n) is 2.06. The van der Waals surface area contributed by atoms with Gasteiger partial charge in [0.2, 0.25) is 5.91 Å². The lowest BCUT2D eigenvalue weighted by Gasteiger charge is -2.27. The highest BCUT2D eigenvalue weighted by Gasteiger charge is 2.14. The van der Waals surface area contributed by atoms with Gasteiger partial charge in [-0.2, -0.15) is 0 Å². The summed E-state index contributed by atoms with van der Waals surface area (Å²) in [4.78, 5) is 13.3. The van der Waals surface area contributed by atoms with E-state index < -0.39 is 0 Å². The van der Waals surface area contributed by atoms with Crippen LogP contribution >= 0.6 is 0 Å². The number of hydrogen-bond donors (Lipinski definition) is 0. The second kappa shape index (κ2) is 6.28. The molecule has 0 fully saturated rings. The normalized spacial score (nSPS) is 12.0. The third-order valence-electron chi connectivity index (χ3n) is 2.97. The van der Waals surface area contributed by atoms with E-state index in [1.54, 1.807) is 14.0 Å². The SMILES string of the molecule is CCN(C(C)=O)C(C)Cc1ccc(OC)cc1. The molecule has 0 heterocycles. The Morgan fingerprint density at radius 1 is 1.35 bits per heavy atom. The van der Waals surface area contributed by atoms with Crippen molar-refractivity contribution in [3.05, 3.63) is 29.8 Å². The van der Waals surface area contributed by atoms with Gasteiger partial charge >= 0.3 is 0 Å². The first-order valence-electron chi connectivity index (χ1n) is 5.98. The summed E-state index contributed by atoms with van der Waals surface area (Å²) in [5, 5.41) is 0. The van der Waals surface area contributed by atoms with Crippen molar-refractivity contribution in [1.29, 1.82) is 0 Å². The number of benzene rings is 1. The van der Waals surface area contributed by atoms with Crippen molar-refractivity contribution in [2.45, 2.75) is 33.2 Å². The quantitative estimate of drug-likeness (QED) is 0.784. The van der Waals surface area contributed by atoms with E-state index in [4.69, 9.17) is 4.74 Å². The molecule has 3 heteroatoms. The number of carbonyl (C=O) groups is 1. The predicted molar refractivity (Wildman–Crippen MR) is 69.2 cm³/mol. The van der Waals surface area contributed by atoms with Crippen molar-refractivity contribution >= 4 is 5.91 Å².